The van der Waals surface area contributed by atoms with Gasteiger partial charge in [0.15, 0.2) is 0 Å². The van der Waals surface area contributed by atoms with E-state index in [2.05, 4.69) is 15.3 Å². The molecule has 1 amide bonds. The molecule has 0 fully saturated rings. The van der Waals surface area contributed by atoms with E-state index in [-0.39, 0.29) is 5.91 Å². The molecule has 0 unspecified atom stereocenters. The number of thiophene rings is 1. The molecule has 4 aromatic heterocycles. The van der Waals surface area contributed by atoms with Crippen LogP contribution < -0.4 is 5.32 Å². The van der Waals surface area contributed by atoms with E-state index in [1.807, 2.05) is 65.4 Å². The molecule has 0 atom stereocenters. The van der Waals surface area contributed by atoms with Crippen LogP contribution in [-0.2, 0) is 6.54 Å². The van der Waals surface area contributed by atoms with E-state index in [0.717, 1.165) is 37.7 Å². The number of thiazole rings is 1. The van der Waals surface area contributed by atoms with Crippen molar-refractivity contribution < 1.29 is 4.79 Å². The van der Waals surface area contributed by atoms with E-state index in [4.69, 9.17) is 4.98 Å². The van der Waals surface area contributed by atoms with Gasteiger partial charge in [-0.1, -0.05) is 24.3 Å². The summed E-state index contributed by atoms with van der Waals surface area (Å²) in [6.45, 7) is 0.375. The van der Waals surface area contributed by atoms with Crippen LogP contribution in [0.4, 0.5) is 0 Å². The molecule has 0 radical (unpaired) electrons. The molecule has 4 heterocycles. The fraction of sp³-hybridized carbons (Fsp3) is 0.0435. The third-order valence-electron chi connectivity index (χ3n) is 4.66. The van der Waals surface area contributed by atoms with Crippen LogP contribution in [0.3, 0.4) is 0 Å². The number of carbonyl (C=O) groups is 1. The average molecular weight is 429 g/mol. The lowest BCUT2D eigenvalue weighted by molar-refractivity contribution is 0.0952. The van der Waals surface area contributed by atoms with Crippen molar-refractivity contribution >= 4 is 39.5 Å². The highest BCUT2D eigenvalue weighted by Gasteiger charge is 2.15. The van der Waals surface area contributed by atoms with Crippen molar-refractivity contribution in [3.63, 3.8) is 0 Å². The molecule has 5 nitrogen and oxygen atoms in total. The second-order valence-corrected chi connectivity index (χ2v) is 8.48. The van der Waals surface area contributed by atoms with E-state index in [1.165, 1.54) is 11.3 Å². The molecule has 0 saturated heterocycles. The number of benzene rings is 1. The van der Waals surface area contributed by atoms with Gasteiger partial charge in [-0.15, -0.1) is 22.7 Å². The molecule has 5 aromatic rings. The second-order valence-electron chi connectivity index (χ2n) is 6.59. The van der Waals surface area contributed by atoms with Crippen LogP contribution in [-0.4, -0.2) is 20.9 Å². The summed E-state index contributed by atoms with van der Waals surface area (Å²) < 4.78 is 0. The van der Waals surface area contributed by atoms with Gasteiger partial charge in [0, 0.05) is 28.7 Å². The number of amides is 1. The van der Waals surface area contributed by atoms with Gasteiger partial charge >= 0.3 is 0 Å². The smallest absolute Gasteiger partial charge is 0.252 e. The SMILES string of the molecule is O=C(NCc1nc(-c2ccncc2)cs1)c1cc(-c2cccs2)nc2ccccc12. The highest BCUT2D eigenvalue weighted by molar-refractivity contribution is 7.13. The van der Waals surface area contributed by atoms with Crippen molar-refractivity contribution in [2.24, 2.45) is 0 Å². The predicted octanol–water partition coefficient (Wildman–Crippen LogP) is 5.41. The van der Waals surface area contributed by atoms with E-state index < -0.39 is 0 Å². The minimum absolute atomic E-state index is 0.132. The quantitative estimate of drug-likeness (QED) is 0.406. The number of rotatable bonds is 5. The molecule has 5 rings (SSSR count). The normalized spacial score (nSPS) is 10.9. The van der Waals surface area contributed by atoms with Crippen LogP contribution in [0.1, 0.15) is 15.4 Å². The van der Waals surface area contributed by atoms with Gasteiger partial charge in [0.2, 0.25) is 0 Å². The summed E-state index contributed by atoms with van der Waals surface area (Å²) in [4.78, 5) is 27.5. The molecule has 1 aromatic carbocycles. The number of para-hydroxylation sites is 1. The maximum absolute atomic E-state index is 13.1. The lowest BCUT2D eigenvalue weighted by atomic mass is 10.1. The van der Waals surface area contributed by atoms with Gasteiger partial charge in [0.1, 0.15) is 5.01 Å². The Hall–Kier alpha value is -3.42. The first-order chi connectivity index (χ1) is 14.8. The summed E-state index contributed by atoms with van der Waals surface area (Å²) in [6, 6.07) is 17.4. The minimum Gasteiger partial charge on any atom is -0.346 e. The molecule has 30 heavy (non-hydrogen) atoms. The van der Waals surface area contributed by atoms with Crippen molar-refractivity contribution in [1.29, 1.82) is 0 Å². The van der Waals surface area contributed by atoms with E-state index in [1.54, 1.807) is 23.7 Å². The van der Waals surface area contributed by atoms with Crippen molar-refractivity contribution in [1.82, 2.24) is 20.3 Å². The topological polar surface area (TPSA) is 67.8 Å². The monoisotopic (exact) mass is 428 g/mol. The highest BCUT2D eigenvalue weighted by atomic mass is 32.1. The highest BCUT2D eigenvalue weighted by Crippen LogP contribution is 2.28. The molecule has 0 aliphatic heterocycles. The Kier molecular flexibility index (Phi) is 5.04. The Bertz CT molecular complexity index is 1310. The number of nitrogens with one attached hydrogen (secondary N) is 1. The van der Waals surface area contributed by atoms with Crippen LogP contribution in [0, 0.1) is 0 Å². The Morgan fingerprint density at radius 3 is 2.63 bits per heavy atom. The summed E-state index contributed by atoms with van der Waals surface area (Å²) >= 11 is 3.14. The molecule has 0 spiro atoms. The maximum atomic E-state index is 13.1. The molecule has 146 valence electrons. The molecule has 1 N–H and O–H groups in total. The number of hydrogen-bond acceptors (Lipinski definition) is 6. The molecule has 7 heteroatoms. The van der Waals surface area contributed by atoms with Crippen LogP contribution in [0.5, 0.6) is 0 Å². The first kappa shape index (κ1) is 18.6. The largest absolute Gasteiger partial charge is 0.346 e. The summed E-state index contributed by atoms with van der Waals surface area (Å²) in [5.41, 5.74) is 4.14. The van der Waals surface area contributed by atoms with Crippen molar-refractivity contribution in [2.45, 2.75) is 6.54 Å². The molecule has 0 aliphatic rings. The lowest BCUT2D eigenvalue weighted by Gasteiger charge is -2.09. The first-order valence-corrected chi connectivity index (χ1v) is 11.1. The number of fused-ring (bicyclic) bond motifs is 1. The third-order valence-corrected chi connectivity index (χ3v) is 6.40. The third kappa shape index (κ3) is 3.72. The van der Waals surface area contributed by atoms with Crippen LogP contribution in [0.15, 0.2) is 77.8 Å². The Labute approximate surface area is 181 Å². The maximum Gasteiger partial charge on any atom is 0.252 e. The van der Waals surface area contributed by atoms with Crippen molar-refractivity contribution in [2.75, 3.05) is 0 Å². The first-order valence-electron chi connectivity index (χ1n) is 9.34. The Morgan fingerprint density at radius 1 is 0.933 bits per heavy atom. The number of nitrogens with zero attached hydrogens (tertiary/aromatic N) is 3. The number of hydrogen-bond donors (Lipinski definition) is 1. The van der Waals surface area contributed by atoms with Gasteiger partial charge < -0.3 is 5.32 Å². The van der Waals surface area contributed by atoms with Gasteiger partial charge in [-0.25, -0.2) is 9.97 Å². The number of pyridine rings is 2. The fourth-order valence-electron chi connectivity index (χ4n) is 3.21. The van der Waals surface area contributed by atoms with Crippen LogP contribution in [0.2, 0.25) is 0 Å². The van der Waals surface area contributed by atoms with Gasteiger partial charge in [0.05, 0.1) is 33.9 Å². The molecule has 0 bridgehead atoms. The fourth-order valence-corrected chi connectivity index (χ4v) is 4.64. The van der Waals surface area contributed by atoms with Gasteiger partial charge in [0.25, 0.3) is 5.91 Å². The predicted molar refractivity (Wildman–Crippen MR) is 122 cm³/mol. The average Bonchev–Trinajstić information content (AvgIpc) is 3.50. The number of aromatic nitrogens is 3. The van der Waals surface area contributed by atoms with Crippen LogP contribution in [0.25, 0.3) is 32.7 Å². The molecular weight excluding hydrogens is 412 g/mol. The molecular formula is C23H16N4OS2. The van der Waals surface area contributed by atoms with E-state index >= 15 is 0 Å². The standard InChI is InChI=1S/C23H16N4OS2/c28-23(25-13-22-27-20(14-30-22)15-7-9-24-10-8-15)17-12-19(21-6-3-11-29-21)26-18-5-2-1-4-16(17)18/h1-12,14H,13H2,(H,25,28). The zero-order valence-corrected chi connectivity index (χ0v) is 17.4. The van der Waals surface area contributed by atoms with Gasteiger partial charge in [-0.05, 0) is 35.7 Å². The summed E-state index contributed by atoms with van der Waals surface area (Å²) in [5, 5.41) is 8.71. The minimum atomic E-state index is -0.132. The van der Waals surface area contributed by atoms with Crippen LogP contribution >= 0.6 is 22.7 Å². The Morgan fingerprint density at radius 2 is 1.80 bits per heavy atom. The molecule has 0 aliphatic carbocycles. The zero-order chi connectivity index (χ0) is 20.3. The summed E-state index contributed by atoms with van der Waals surface area (Å²) in [7, 11) is 0. The number of carbonyl (C=O) groups excluding carboxylic acids is 1. The molecule has 0 saturated carbocycles. The van der Waals surface area contributed by atoms with E-state index in [0.29, 0.717) is 12.1 Å². The van der Waals surface area contributed by atoms with Crippen molar-refractivity contribution in [3.05, 3.63) is 88.3 Å². The summed E-state index contributed by atoms with van der Waals surface area (Å²) in [6.07, 6.45) is 3.49. The second kappa shape index (κ2) is 8.14. The Balaban J connectivity index is 1.41. The van der Waals surface area contributed by atoms with E-state index in [9.17, 15) is 4.79 Å². The van der Waals surface area contributed by atoms with Gasteiger partial charge in [-0.3, -0.25) is 9.78 Å². The summed E-state index contributed by atoms with van der Waals surface area (Å²) in [5.74, 6) is -0.132. The van der Waals surface area contributed by atoms with Gasteiger partial charge in [-0.2, -0.15) is 0 Å². The van der Waals surface area contributed by atoms with Crippen molar-refractivity contribution in [3.8, 4) is 21.8 Å². The zero-order valence-electron chi connectivity index (χ0n) is 15.8. The lowest BCUT2D eigenvalue weighted by Crippen LogP contribution is -2.23.